The largest absolute Gasteiger partial charge is 0.360 e. The lowest BCUT2D eigenvalue weighted by atomic mass is 10.1. The predicted molar refractivity (Wildman–Crippen MR) is 107 cm³/mol. The second-order valence-corrected chi connectivity index (χ2v) is 6.23. The van der Waals surface area contributed by atoms with Gasteiger partial charge in [0.1, 0.15) is 6.33 Å². The lowest BCUT2D eigenvalue weighted by Crippen LogP contribution is -2.08. The van der Waals surface area contributed by atoms with E-state index in [0.29, 0.717) is 11.6 Å². The second-order valence-electron chi connectivity index (χ2n) is 5.79. The summed E-state index contributed by atoms with van der Waals surface area (Å²) in [5, 5.41) is 18.4. The van der Waals surface area contributed by atoms with E-state index in [4.69, 9.17) is 11.6 Å². The number of nitrogens with zero attached hydrogens (tertiary/aromatic N) is 3. The lowest BCUT2D eigenvalue weighted by Gasteiger charge is -2.12. The molecule has 0 aliphatic heterocycles. The monoisotopic (exact) mass is 383 g/mol. The number of para-hydroxylation sites is 1. The third-order valence-corrected chi connectivity index (χ3v) is 4.28. The van der Waals surface area contributed by atoms with Gasteiger partial charge in [0.25, 0.3) is 0 Å². The number of aromatic nitrogens is 2. The summed E-state index contributed by atoms with van der Waals surface area (Å²) in [6, 6.07) is 14.9. The number of hydrogen-bond donors (Lipinski definition) is 2. The highest BCUT2D eigenvalue weighted by molar-refractivity contribution is 6.30. The summed E-state index contributed by atoms with van der Waals surface area (Å²) in [4.78, 5) is 19.3. The van der Waals surface area contributed by atoms with E-state index in [9.17, 15) is 10.1 Å². The van der Waals surface area contributed by atoms with Crippen molar-refractivity contribution in [1.82, 2.24) is 9.97 Å². The molecule has 3 rings (SSSR count). The standard InChI is InChI=1S/C19H18ClN5O2/c1-2-14-5-3-4-6-16(14)24-19-17(25(26)27)18(22-12-23-19)21-11-13-7-9-15(20)10-8-13/h3-10,12H,2,11H2,1H3,(H2,21,22,23,24). The summed E-state index contributed by atoms with van der Waals surface area (Å²) in [5.74, 6) is 0.302. The van der Waals surface area contributed by atoms with Gasteiger partial charge in [-0.3, -0.25) is 10.1 Å². The minimum atomic E-state index is -0.485. The molecule has 138 valence electrons. The van der Waals surface area contributed by atoms with E-state index in [1.54, 1.807) is 12.1 Å². The van der Waals surface area contributed by atoms with Crippen molar-refractivity contribution in [1.29, 1.82) is 0 Å². The van der Waals surface area contributed by atoms with Gasteiger partial charge in [-0.2, -0.15) is 0 Å². The first kappa shape index (κ1) is 18.6. The molecule has 0 fully saturated rings. The molecule has 2 N–H and O–H groups in total. The first-order chi connectivity index (χ1) is 13.1. The van der Waals surface area contributed by atoms with Crippen LogP contribution in [0.5, 0.6) is 0 Å². The zero-order valence-electron chi connectivity index (χ0n) is 14.6. The van der Waals surface area contributed by atoms with E-state index in [2.05, 4.69) is 20.6 Å². The maximum atomic E-state index is 11.7. The Labute approximate surface area is 161 Å². The van der Waals surface area contributed by atoms with E-state index in [-0.39, 0.29) is 17.3 Å². The Morgan fingerprint density at radius 3 is 2.48 bits per heavy atom. The molecule has 0 bridgehead atoms. The molecule has 0 aliphatic carbocycles. The van der Waals surface area contributed by atoms with Gasteiger partial charge < -0.3 is 10.6 Å². The van der Waals surface area contributed by atoms with Gasteiger partial charge in [0.2, 0.25) is 11.6 Å². The van der Waals surface area contributed by atoms with Crippen LogP contribution in [0.3, 0.4) is 0 Å². The average Bonchev–Trinajstić information content (AvgIpc) is 2.68. The molecule has 0 saturated heterocycles. The number of anilines is 3. The fraction of sp³-hybridized carbons (Fsp3) is 0.158. The highest BCUT2D eigenvalue weighted by Crippen LogP contribution is 2.32. The van der Waals surface area contributed by atoms with Crippen LogP contribution in [0, 0.1) is 10.1 Å². The Hall–Kier alpha value is -3.19. The second kappa shape index (κ2) is 8.46. The summed E-state index contributed by atoms with van der Waals surface area (Å²) >= 11 is 5.88. The Balaban J connectivity index is 1.88. The Bertz CT molecular complexity index is 947. The maximum absolute atomic E-state index is 11.7. The molecule has 8 heteroatoms. The quantitative estimate of drug-likeness (QED) is 0.442. The molecule has 2 aromatic carbocycles. The lowest BCUT2D eigenvalue weighted by molar-refractivity contribution is -0.383. The summed E-state index contributed by atoms with van der Waals surface area (Å²) in [6.07, 6.45) is 2.10. The third-order valence-electron chi connectivity index (χ3n) is 4.03. The number of rotatable bonds is 7. The van der Waals surface area contributed by atoms with Crippen molar-refractivity contribution in [2.24, 2.45) is 0 Å². The van der Waals surface area contributed by atoms with Gasteiger partial charge in [-0.15, -0.1) is 0 Å². The van der Waals surface area contributed by atoms with Gasteiger partial charge in [-0.05, 0) is 35.7 Å². The van der Waals surface area contributed by atoms with Gasteiger partial charge >= 0.3 is 5.69 Å². The normalized spacial score (nSPS) is 10.4. The van der Waals surface area contributed by atoms with Crippen molar-refractivity contribution in [2.75, 3.05) is 10.6 Å². The number of hydrogen-bond acceptors (Lipinski definition) is 6. The SMILES string of the molecule is CCc1ccccc1Nc1ncnc(NCc2ccc(Cl)cc2)c1[N+](=O)[O-]. The van der Waals surface area contributed by atoms with Crippen molar-refractivity contribution < 1.29 is 4.92 Å². The van der Waals surface area contributed by atoms with Crippen LogP contribution in [0.4, 0.5) is 23.0 Å². The van der Waals surface area contributed by atoms with Crippen LogP contribution in [0.15, 0.2) is 54.9 Å². The van der Waals surface area contributed by atoms with Gasteiger partial charge in [0.05, 0.1) is 4.92 Å². The van der Waals surface area contributed by atoms with Crippen LogP contribution in [0.1, 0.15) is 18.1 Å². The van der Waals surface area contributed by atoms with Gasteiger partial charge in [-0.25, -0.2) is 9.97 Å². The van der Waals surface area contributed by atoms with E-state index in [1.807, 2.05) is 43.3 Å². The van der Waals surface area contributed by atoms with E-state index >= 15 is 0 Å². The molecular formula is C19H18ClN5O2. The zero-order valence-corrected chi connectivity index (χ0v) is 15.4. The molecule has 0 radical (unpaired) electrons. The molecule has 0 saturated carbocycles. The number of nitrogens with one attached hydrogen (secondary N) is 2. The van der Waals surface area contributed by atoms with Crippen LogP contribution >= 0.6 is 11.6 Å². The molecule has 1 heterocycles. The maximum Gasteiger partial charge on any atom is 0.353 e. The molecule has 3 aromatic rings. The van der Waals surface area contributed by atoms with E-state index in [0.717, 1.165) is 23.2 Å². The minimum absolute atomic E-state index is 0.148. The van der Waals surface area contributed by atoms with E-state index in [1.165, 1.54) is 6.33 Å². The van der Waals surface area contributed by atoms with Crippen molar-refractivity contribution in [3.05, 3.63) is 81.1 Å². The van der Waals surface area contributed by atoms with Crippen molar-refractivity contribution in [2.45, 2.75) is 19.9 Å². The third kappa shape index (κ3) is 4.51. The first-order valence-corrected chi connectivity index (χ1v) is 8.79. The van der Waals surface area contributed by atoms with Gasteiger partial charge in [0.15, 0.2) is 0 Å². The molecule has 0 aliphatic rings. The zero-order chi connectivity index (χ0) is 19.2. The summed E-state index contributed by atoms with van der Waals surface area (Å²) in [6.45, 7) is 2.40. The number of halogens is 1. The molecular weight excluding hydrogens is 366 g/mol. The van der Waals surface area contributed by atoms with Crippen molar-refractivity contribution >= 4 is 34.6 Å². The van der Waals surface area contributed by atoms with E-state index < -0.39 is 4.92 Å². The Morgan fingerprint density at radius 1 is 1.07 bits per heavy atom. The summed E-state index contributed by atoms with van der Waals surface area (Å²) < 4.78 is 0. The Morgan fingerprint density at radius 2 is 1.78 bits per heavy atom. The fourth-order valence-corrected chi connectivity index (χ4v) is 2.76. The van der Waals surface area contributed by atoms with Crippen molar-refractivity contribution in [3.63, 3.8) is 0 Å². The van der Waals surface area contributed by atoms with Gasteiger partial charge in [0, 0.05) is 17.3 Å². The summed E-state index contributed by atoms with van der Waals surface area (Å²) in [5.41, 5.74) is 2.56. The average molecular weight is 384 g/mol. The Kier molecular flexibility index (Phi) is 5.83. The topological polar surface area (TPSA) is 93.0 Å². The predicted octanol–water partition coefficient (Wildman–Crippen LogP) is 4.96. The first-order valence-electron chi connectivity index (χ1n) is 8.41. The van der Waals surface area contributed by atoms with Gasteiger partial charge in [-0.1, -0.05) is 48.9 Å². The number of nitro groups is 1. The van der Waals surface area contributed by atoms with Crippen LogP contribution in [0.2, 0.25) is 5.02 Å². The van der Waals surface area contributed by atoms with Crippen molar-refractivity contribution in [3.8, 4) is 0 Å². The van der Waals surface area contributed by atoms with Crippen LogP contribution in [-0.4, -0.2) is 14.9 Å². The van der Waals surface area contributed by atoms with Crippen LogP contribution in [-0.2, 0) is 13.0 Å². The fourth-order valence-electron chi connectivity index (χ4n) is 2.64. The highest BCUT2D eigenvalue weighted by Gasteiger charge is 2.23. The van der Waals surface area contributed by atoms with Crippen LogP contribution < -0.4 is 10.6 Å². The molecule has 7 nitrogen and oxygen atoms in total. The molecule has 0 amide bonds. The molecule has 1 aromatic heterocycles. The smallest absolute Gasteiger partial charge is 0.353 e. The minimum Gasteiger partial charge on any atom is -0.360 e. The summed E-state index contributed by atoms with van der Waals surface area (Å²) in [7, 11) is 0. The number of benzene rings is 2. The molecule has 0 atom stereocenters. The molecule has 0 spiro atoms. The highest BCUT2D eigenvalue weighted by atomic mass is 35.5. The molecule has 0 unspecified atom stereocenters. The number of aryl methyl sites for hydroxylation is 1. The molecule has 27 heavy (non-hydrogen) atoms. The van der Waals surface area contributed by atoms with Crippen LogP contribution in [0.25, 0.3) is 0 Å².